The first-order valence-corrected chi connectivity index (χ1v) is 7.10. The second-order valence-corrected chi connectivity index (χ2v) is 5.37. The maximum absolute atomic E-state index is 6.26. The van der Waals surface area contributed by atoms with Gasteiger partial charge in [0.25, 0.3) is 0 Å². The van der Waals surface area contributed by atoms with Crippen molar-refractivity contribution < 1.29 is 9.47 Å². The van der Waals surface area contributed by atoms with E-state index in [1.807, 2.05) is 29.0 Å². The second kappa shape index (κ2) is 5.73. The maximum atomic E-state index is 6.26. The SMILES string of the molecule is COc1ccc(C(N)c2cscc2Br)cc1OC. The van der Waals surface area contributed by atoms with Gasteiger partial charge in [-0.25, -0.2) is 0 Å². The highest BCUT2D eigenvalue weighted by Crippen LogP contribution is 2.34. The molecule has 1 unspecified atom stereocenters. The Labute approximate surface area is 119 Å². The van der Waals surface area contributed by atoms with E-state index in [0.717, 1.165) is 15.6 Å². The van der Waals surface area contributed by atoms with E-state index in [0.29, 0.717) is 11.5 Å². The lowest BCUT2D eigenvalue weighted by Crippen LogP contribution is -2.11. The zero-order valence-corrected chi connectivity index (χ0v) is 12.5. The fourth-order valence-electron chi connectivity index (χ4n) is 1.74. The van der Waals surface area contributed by atoms with Crippen LogP contribution in [0.25, 0.3) is 0 Å². The van der Waals surface area contributed by atoms with Crippen LogP contribution in [-0.2, 0) is 0 Å². The van der Waals surface area contributed by atoms with Gasteiger partial charge >= 0.3 is 0 Å². The lowest BCUT2D eigenvalue weighted by atomic mass is 10.0. The van der Waals surface area contributed by atoms with Gasteiger partial charge in [-0.05, 0) is 44.6 Å². The molecule has 0 fully saturated rings. The summed E-state index contributed by atoms with van der Waals surface area (Å²) < 4.78 is 11.5. The van der Waals surface area contributed by atoms with Gasteiger partial charge in [-0.1, -0.05) is 6.07 Å². The monoisotopic (exact) mass is 327 g/mol. The molecule has 2 N–H and O–H groups in total. The minimum atomic E-state index is -0.176. The summed E-state index contributed by atoms with van der Waals surface area (Å²) in [6, 6.07) is 5.56. The molecule has 0 saturated carbocycles. The molecule has 96 valence electrons. The van der Waals surface area contributed by atoms with Gasteiger partial charge in [0, 0.05) is 9.85 Å². The van der Waals surface area contributed by atoms with Crippen molar-refractivity contribution in [1.29, 1.82) is 0 Å². The van der Waals surface area contributed by atoms with Crippen LogP contribution in [0.15, 0.2) is 33.4 Å². The molecule has 0 aliphatic carbocycles. The Kier molecular flexibility index (Phi) is 4.27. The number of hydrogen-bond acceptors (Lipinski definition) is 4. The minimum Gasteiger partial charge on any atom is -0.493 e. The number of thiophene rings is 1. The van der Waals surface area contributed by atoms with E-state index in [4.69, 9.17) is 15.2 Å². The highest BCUT2D eigenvalue weighted by Gasteiger charge is 2.15. The summed E-state index contributed by atoms with van der Waals surface area (Å²) in [5.74, 6) is 1.40. The van der Waals surface area contributed by atoms with Crippen molar-refractivity contribution in [1.82, 2.24) is 0 Å². The molecule has 2 rings (SSSR count). The van der Waals surface area contributed by atoms with Crippen molar-refractivity contribution in [3.63, 3.8) is 0 Å². The van der Waals surface area contributed by atoms with Crippen molar-refractivity contribution in [2.45, 2.75) is 6.04 Å². The predicted octanol–water partition coefficient (Wildman–Crippen LogP) is 3.58. The van der Waals surface area contributed by atoms with Crippen molar-refractivity contribution >= 4 is 27.3 Å². The maximum Gasteiger partial charge on any atom is 0.161 e. The predicted molar refractivity (Wildman–Crippen MR) is 77.6 cm³/mol. The lowest BCUT2D eigenvalue weighted by molar-refractivity contribution is 0.354. The standard InChI is InChI=1S/C13H14BrNO2S/c1-16-11-4-3-8(5-12(11)17-2)13(15)9-6-18-7-10(9)14/h3-7,13H,15H2,1-2H3. The number of halogens is 1. The Balaban J connectivity index is 2.37. The van der Waals surface area contributed by atoms with E-state index in [-0.39, 0.29) is 6.04 Å². The Bertz CT molecular complexity index is 542. The van der Waals surface area contributed by atoms with Gasteiger partial charge in [-0.15, -0.1) is 0 Å². The largest absolute Gasteiger partial charge is 0.493 e. The highest BCUT2D eigenvalue weighted by atomic mass is 79.9. The topological polar surface area (TPSA) is 44.5 Å². The number of rotatable bonds is 4. The Morgan fingerprint density at radius 3 is 2.44 bits per heavy atom. The Morgan fingerprint density at radius 2 is 1.89 bits per heavy atom. The van der Waals surface area contributed by atoms with Crippen LogP contribution in [0.5, 0.6) is 11.5 Å². The fraction of sp³-hybridized carbons (Fsp3) is 0.231. The van der Waals surface area contributed by atoms with Gasteiger partial charge in [-0.2, -0.15) is 11.3 Å². The Morgan fingerprint density at radius 1 is 1.17 bits per heavy atom. The van der Waals surface area contributed by atoms with Crippen molar-refractivity contribution in [2.24, 2.45) is 5.73 Å². The van der Waals surface area contributed by atoms with Crippen LogP contribution in [0.2, 0.25) is 0 Å². The number of nitrogens with two attached hydrogens (primary N) is 1. The molecule has 1 aromatic heterocycles. The van der Waals surface area contributed by atoms with Gasteiger partial charge in [0.1, 0.15) is 0 Å². The van der Waals surface area contributed by atoms with Gasteiger partial charge < -0.3 is 15.2 Å². The van der Waals surface area contributed by atoms with E-state index >= 15 is 0 Å². The molecule has 0 saturated heterocycles. The van der Waals surface area contributed by atoms with E-state index in [1.165, 1.54) is 0 Å². The van der Waals surface area contributed by atoms with E-state index in [2.05, 4.69) is 15.9 Å². The molecule has 0 amide bonds. The molecule has 1 heterocycles. The van der Waals surface area contributed by atoms with Crippen LogP contribution in [0.4, 0.5) is 0 Å². The van der Waals surface area contributed by atoms with E-state index < -0.39 is 0 Å². The minimum absolute atomic E-state index is 0.176. The molecule has 0 aliphatic rings. The summed E-state index contributed by atoms with van der Waals surface area (Å²) in [5, 5.41) is 4.07. The molecule has 0 bridgehead atoms. The van der Waals surface area contributed by atoms with E-state index in [1.54, 1.807) is 25.6 Å². The lowest BCUT2D eigenvalue weighted by Gasteiger charge is -2.14. The van der Waals surface area contributed by atoms with Crippen molar-refractivity contribution in [3.05, 3.63) is 44.6 Å². The van der Waals surface area contributed by atoms with Gasteiger partial charge in [0.05, 0.1) is 20.3 Å². The highest BCUT2D eigenvalue weighted by molar-refractivity contribution is 9.10. The van der Waals surface area contributed by atoms with Crippen molar-refractivity contribution in [2.75, 3.05) is 14.2 Å². The van der Waals surface area contributed by atoms with Crippen LogP contribution < -0.4 is 15.2 Å². The molecule has 2 aromatic rings. The average Bonchev–Trinajstić information content (AvgIpc) is 2.83. The third kappa shape index (κ3) is 2.53. The van der Waals surface area contributed by atoms with E-state index in [9.17, 15) is 0 Å². The zero-order valence-electron chi connectivity index (χ0n) is 10.1. The van der Waals surface area contributed by atoms with Gasteiger partial charge in [-0.3, -0.25) is 0 Å². The first-order valence-electron chi connectivity index (χ1n) is 5.36. The molecule has 18 heavy (non-hydrogen) atoms. The molecule has 0 aliphatic heterocycles. The molecule has 1 atom stereocenters. The van der Waals surface area contributed by atoms with Crippen LogP contribution in [-0.4, -0.2) is 14.2 Å². The summed E-state index contributed by atoms with van der Waals surface area (Å²) in [6.07, 6.45) is 0. The summed E-state index contributed by atoms with van der Waals surface area (Å²) in [7, 11) is 3.24. The fourth-order valence-corrected chi connectivity index (χ4v) is 3.32. The van der Waals surface area contributed by atoms with Crippen LogP contribution in [0.1, 0.15) is 17.2 Å². The van der Waals surface area contributed by atoms with Gasteiger partial charge in [0.2, 0.25) is 0 Å². The third-order valence-corrected chi connectivity index (χ3v) is 4.50. The summed E-state index contributed by atoms with van der Waals surface area (Å²) in [6.45, 7) is 0. The summed E-state index contributed by atoms with van der Waals surface area (Å²) >= 11 is 5.13. The zero-order chi connectivity index (χ0) is 13.1. The molecule has 3 nitrogen and oxygen atoms in total. The normalized spacial score (nSPS) is 12.2. The second-order valence-electron chi connectivity index (χ2n) is 3.77. The molecule has 5 heteroatoms. The summed E-state index contributed by atoms with van der Waals surface area (Å²) in [4.78, 5) is 0. The van der Waals surface area contributed by atoms with Crippen molar-refractivity contribution in [3.8, 4) is 11.5 Å². The smallest absolute Gasteiger partial charge is 0.161 e. The quantitative estimate of drug-likeness (QED) is 0.933. The van der Waals surface area contributed by atoms with Crippen LogP contribution >= 0.6 is 27.3 Å². The molecule has 0 radical (unpaired) electrons. The number of methoxy groups -OCH3 is 2. The Hall–Kier alpha value is -1.04. The number of ether oxygens (including phenoxy) is 2. The molecular formula is C13H14BrNO2S. The first-order chi connectivity index (χ1) is 8.67. The molecule has 1 aromatic carbocycles. The average molecular weight is 328 g/mol. The first kappa shape index (κ1) is 13.4. The third-order valence-electron chi connectivity index (χ3n) is 2.74. The number of hydrogen-bond donors (Lipinski definition) is 1. The molecule has 0 spiro atoms. The summed E-state index contributed by atoms with van der Waals surface area (Å²) in [5.41, 5.74) is 8.33. The number of benzene rings is 1. The van der Waals surface area contributed by atoms with Crippen LogP contribution in [0, 0.1) is 0 Å². The molecular weight excluding hydrogens is 314 g/mol. The van der Waals surface area contributed by atoms with Gasteiger partial charge in [0.15, 0.2) is 11.5 Å². The van der Waals surface area contributed by atoms with Crippen LogP contribution in [0.3, 0.4) is 0 Å².